The van der Waals surface area contributed by atoms with Crippen molar-refractivity contribution in [2.45, 2.75) is 20.4 Å². The van der Waals surface area contributed by atoms with Crippen molar-refractivity contribution < 1.29 is 4.74 Å². The highest BCUT2D eigenvalue weighted by Crippen LogP contribution is 2.12. The van der Waals surface area contributed by atoms with Crippen LogP contribution >= 0.6 is 0 Å². The third-order valence-corrected chi connectivity index (χ3v) is 2.67. The fourth-order valence-corrected chi connectivity index (χ4v) is 1.73. The maximum Gasteiger partial charge on any atom is 0.224 e. The number of nitrogens with zero attached hydrogens (tertiary/aromatic N) is 3. The molecule has 2 N–H and O–H groups in total. The Balaban J connectivity index is 2.02. The molecule has 0 bridgehead atoms. The van der Waals surface area contributed by atoms with Crippen LogP contribution in [0.5, 0.6) is 5.88 Å². The summed E-state index contributed by atoms with van der Waals surface area (Å²) < 4.78 is 5.03. The van der Waals surface area contributed by atoms with Crippen molar-refractivity contribution in [3.8, 4) is 5.88 Å². The van der Waals surface area contributed by atoms with Gasteiger partial charge in [-0.3, -0.25) is 0 Å². The number of hydrogen-bond acceptors (Lipinski definition) is 6. The number of methoxy groups -OCH3 is 1. The van der Waals surface area contributed by atoms with Gasteiger partial charge in [-0.15, -0.1) is 0 Å². The normalized spacial score (nSPS) is 10.2. The molecule has 0 aliphatic heterocycles. The highest BCUT2D eigenvalue weighted by molar-refractivity contribution is 5.42. The lowest BCUT2D eigenvalue weighted by Gasteiger charge is -2.09. The van der Waals surface area contributed by atoms with Gasteiger partial charge < -0.3 is 15.4 Å². The summed E-state index contributed by atoms with van der Waals surface area (Å²) in [6, 6.07) is 5.72. The molecule has 0 aliphatic rings. The number of ether oxygens (including phenoxy) is 1. The van der Waals surface area contributed by atoms with Gasteiger partial charge in [0.2, 0.25) is 11.8 Å². The summed E-state index contributed by atoms with van der Waals surface area (Å²) in [5, 5.41) is 6.38. The summed E-state index contributed by atoms with van der Waals surface area (Å²) in [7, 11) is 1.60. The van der Waals surface area contributed by atoms with E-state index in [2.05, 4.69) is 25.6 Å². The molecule has 6 nitrogen and oxygen atoms in total. The quantitative estimate of drug-likeness (QED) is 0.841. The summed E-state index contributed by atoms with van der Waals surface area (Å²) in [4.78, 5) is 12.9. The first-order valence-electron chi connectivity index (χ1n) is 6.53. The van der Waals surface area contributed by atoms with E-state index in [1.807, 2.05) is 32.0 Å². The number of nitrogens with one attached hydrogen (secondary N) is 2. The van der Waals surface area contributed by atoms with Crippen LogP contribution in [0.1, 0.15) is 18.2 Å². The summed E-state index contributed by atoms with van der Waals surface area (Å²) in [5.41, 5.74) is 1.98. The Bertz CT molecular complexity index is 556. The molecule has 0 saturated carbocycles. The van der Waals surface area contributed by atoms with Gasteiger partial charge in [-0.1, -0.05) is 6.07 Å². The van der Waals surface area contributed by atoms with E-state index < -0.39 is 0 Å². The minimum Gasteiger partial charge on any atom is -0.481 e. The van der Waals surface area contributed by atoms with Gasteiger partial charge in [-0.25, -0.2) is 9.97 Å². The van der Waals surface area contributed by atoms with Gasteiger partial charge in [0, 0.05) is 37.1 Å². The second-order valence-corrected chi connectivity index (χ2v) is 4.31. The first-order valence-corrected chi connectivity index (χ1v) is 6.53. The Morgan fingerprint density at radius 3 is 2.70 bits per heavy atom. The minimum absolute atomic E-state index is 0.612. The lowest BCUT2D eigenvalue weighted by Crippen LogP contribution is -2.07. The highest BCUT2D eigenvalue weighted by atomic mass is 16.5. The average molecular weight is 273 g/mol. The molecular weight excluding hydrogens is 254 g/mol. The number of rotatable bonds is 6. The van der Waals surface area contributed by atoms with Crippen molar-refractivity contribution in [2.75, 3.05) is 24.3 Å². The standard InChI is InChI=1S/C14H19N5O/c1-4-15-14-18-10(2)7-12(19-14)16-8-11-5-6-13(20-3)17-9-11/h5-7,9H,4,8H2,1-3H3,(H2,15,16,18,19). The second-order valence-electron chi connectivity index (χ2n) is 4.31. The molecule has 106 valence electrons. The van der Waals surface area contributed by atoms with Gasteiger partial charge >= 0.3 is 0 Å². The van der Waals surface area contributed by atoms with Crippen LogP contribution < -0.4 is 15.4 Å². The summed E-state index contributed by atoms with van der Waals surface area (Å²) >= 11 is 0. The summed E-state index contributed by atoms with van der Waals surface area (Å²) in [5.74, 6) is 2.05. The van der Waals surface area contributed by atoms with Crippen molar-refractivity contribution in [3.63, 3.8) is 0 Å². The molecule has 2 aromatic rings. The maximum atomic E-state index is 5.03. The average Bonchev–Trinajstić information content (AvgIpc) is 2.45. The number of anilines is 2. The van der Waals surface area contributed by atoms with E-state index in [1.54, 1.807) is 13.3 Å². The highest BCUT2D eigenvalue weighted by Gasteiger charge is 2.02. The first-order chi connectivity index (χ1) is 9.71. The summed E-state index contributed by atoms with van der Waals surface area (Å²) in [6.07, 6.45) is 1.78. The predicted octanol–water partition coefficient (Wildman–Crippen LogP) is 2.23. The van der Waals surface area contributed by atoms with Gasteiger partial charge in [0.15, 0.2) is 0 Å². The first kappa shape index (κ1) is 14.0. The Morgan fingerprint density at radius 1 is 1.20 bits per heavy atom. The molecular formula is C14H19N5O. The lowest BCUT2D eigenvalue weighted by atomic mass is 10.3. The van der Waals surface area contributed by atoms with Crippen LogP contribution in [0.25, 0.3) is 0 Å². The third-order valence-electron chi connectivity index (χ3n) is 2.67. The molecule has 0 unspecified atom stereocenters. The van der Waals surface area contributed by atoms with E-state index in [-0.39, 0.29) is 0 Å². The zero-order chi connectivity index (χ0) is 14.4. The van der Waals surface area contributed by atoms with Crippen molar-refractivity contribution >= 4 is 11.8 Å². The van der Waals surface area contributed by atoms with E-state index in [0.717, 1.165) is 23.6 Å². The van der Waals surface area contributed by atoms with Crippen molar-refractivity contribution in [1.29, 1.82) is 0 Å². The summed E-state index contributed by atoms with van der Waals surface area (Å²) in [6.45, 7) is 5.41. The van der Waals surface area contributed by atoms with Gasteiger partial charge in [0.25, 0.3) is 0 Å². The molecule has 0 amide bonds. The van der Waals surface area contributed by atoms with Crippen LogP contribution in [0.2, 0.25) is 0 Å². The smallest absolute Gasteiger partial charge is 0.224 e. The Labute approximate surface area is 118 Å². The van der Waals surface area contributed by atoms with E-state index in [9.17, 15) is 0 Å². The van der Waals surface area contributed by atoms with Crippen molar-refractivity contribution in [2.24, 2.45) is 0 Å². The molecule has 0 radical (unpaired) electrons. The maximum absolute atomic E-state index is 5.03. The van der Waals surface area contributed by atoms with Crippen LogP contribution in [0, 0.1) is 6.92 Å². The van der Waals surface area contributed by atoms with Crippen molar-refractivity contribution in [1.82, 2.24) is 15.0 Å². The topological polar surface area (TPSA) is 72.0 Å². The van der Waals surface area contributed by atoms with Crippen molar-refractivity contribution in [3.05, 3.63) is 35.7 Å². The van der Waals surface area contributed by atoms with E-state index in [1.165, 1.54) is 0 Å². The number of aromatic nitrogens is 3. The molecule has 20 heavy (non-hydrogen) atoms. The monoisotopic (exact) mass is 273 g/mol. The van der Waals surface area contributed by atoms with Crippen LogP contribution in [0.3, 0.4) is 0 Å². The SMILES string of the molecule is CCNc1nc(C)cc(NCc2ccc(OC)nc2)n1. The number of aryl methyl sites for hydroxylation is 1. The van der Waals surface area contributed by atoms with E-state index >= 15 is 0 Å². The lowest BCUT2D eigenvalue weighted by molar-refractivity contribution is 0.397. The molecule has 2 heterocycles. The fraction of sp³-hybridized carbons (Fsp3) is 0.357. The molecule has 0 fully saturated rings. The molecule has 0 saturated heterocycles. The molecule has 0 aliphatic carbocycles. The fourth-order valence-electron chi connectivity index (χ4n) is 1.73. The van der Waals surface area contributed by atoms with Gasteiger partial charge in [0.05, 0.1) is 7.11 Å². The minimum atomic E-state index is 0.612. The molecule has 6 heteroatoms. The molecule has 0 atom stereocenters. The van der Waals surface area contributed by atoms with E-state index in [4.69, 9.17) is 4.74 Å². The largest absolute Gasteiger partial charge is 0.481 e. The zero-order valence-electron chi connectivity index (χ0n) is 12.0. The van der Waals surface area contributed by atoms with Crippen LogP contribution in [0.15, 0.2) is 24.4 Å². The second kappa shape index (κ2) is 6.70. The molecule has 2 aromatic heterocycles. The van der Waals surface area contributed by atoms with Gasteiger partial charge in [-0.2, -0.15) is 4.98 Å². The van der Waals surface area contributed by atoms with Gasteiger partial charge in [0.1, 0.15) is 5.82 Å². The zero-order valence-corrected chi connectivity index (χ0v) is 12.0. The Morgan fingerprint density at radius 2 is 2.05 bits per heavy atom. The van der Waals surface area contributed by atoms with Gasteiger partial charge in [-0.05, 0) is 19.4 Å². The number of hydrogen-bond donors (Lipinski definition) is 2. The van der Waals surface area contributed by atoms with E-state index in [0.29, 0.717) is 18.4 Å². The van der Waals surface area contributed by atoms with Crippen LogP contribution in [-0.2, 0) is 6.54 Å². The molecule has 2 rings (SSSR count). The third kappa shape index (κ3) is 3.81. The number of pyridine rings is 1. The Hall–Kier alpha value is -2.37. The van der Waals surface area contributed by atoms with Crippen LogP contribution in [0.4, 0.5) is 11.8 Å². The predicted molar refractivity (Wildman–Crippen MR) is 79.0 cm³/mol. The molecule has 0 spiro atoms. The molecule has 0 aromatic carbocycles. The van der Waals surface area contributed by atoms with Crippen LogP contribution in [-0.4, -0.2) is 28.6 Å². The Kier molecular flexibility index (Phi) is 4.70.